The normalized spacial score (nSPS) is 15.1. The smallest absolute Gasteiger partial charge is 0.210 e. The molecule has 0 spiro atoms. The minimum atomic E-state index is -3.79. The maximum absolute atomic E-state index is 13.2. The zero-order valence-electron chi connectivity index (χ0n) is 15.3. The van der Waals surface area contributed by atoms with Gasteiger partial charge in [-0.05, 0) is 75.8 Å². The number of nitrogens with two attached hydrogens (primary N) is 1. The molecular formula is C20H25FN2O2S. The number of allylic oxidation sites excluding steroid dienone is 2. The zero-order valence-corrected chi connectivity index (χ0v) is 16.1. The summed E-state index contributed by atoms with van der Waals surface area (Å²) in [4.78, 5) is 0.195. The number of rotatable bonds is 5. The molecule has 2 aromatic rings. The number of hydrogen-bond acceptors (Lipinski definition) is 3. The van der Waals surface area contributed by atoms with Gasteiger partial charge in [0.05, 0.1) is 4.90 Å². The zero-order chi connectivity index (χ0) is 18.9. The van der Waals surface area contributed by atoms with Crippen molar-refractivity contribution in [3.8, 4) is 0 Å². The molecular weight excluding hydrogens is 351 g/mol. The van der Waals surface area contributed by atoms with Crippen molar-refractivity contribution in [3.05, 3.63) is 53.0 Å². The lowest BCUT2D eigenvalue weighted by Crippen LogP contribution is -2.09. The highest BCUT2D eigenvalue weighted by atomic mass is 32.2. The Labute approximate surface area is 154 Å². The van der Waals surface area contributed by atoms with Crippen LogP contribution < -0.4 is 5.73 Å². The molecule has 0 bridgehead atoms. The number of aromatic nitrogens is 1. The number of halogens is 1. The molecule has 0 fully saturated rings. The van der Waals surface area contributed by atoms with Gasteiger partial charge >= 0.3 is 0 Å². The van der Waals surface area contributed by atoms with E-state index in [0.717, 1.165) is 37.1 Å². The minimum absolute atomic E-state index is 0.0563. The van der Waals surface area contributed by atoms with Gasteiger partial charge in [0.15, 0.2) is 0 Å². The first-order valence-corrected chi connectivity index (χ1v) is 10.4. The van der Waals surface area contributed by atoms with E-state index < -0.39 is 15.7 Å². The Morgan fingerprint density at radius 1 is 1.15 bits per heavy atom. The van der Waals surface area contributed by atoms with E-state index in [1.165, 1.54) is 30.5 Å². The first-order chi connectivity index (χ1) is 12.3. The van der Waals surface area contributed by atoms with E-state index in [1.54, 1.807) is 6.92 Å². The first-order valence-electron chi connectivity index (χ1n) is 8.96. The fourth-order valence-electron chi connectivity index (χ4n) is 3.61. The molecule has 0 atom stereocenters. The molecule has 1 aromatic carbocycles. The number of nitrogen functional groups attached to an aromatic ring is 1. The van der Waals surface area contributed by atoms with Crippen LogP contribution in [-0.4, -0.2) is 13.0 Å². The molecule has 0 radical (unpaired) electrons. The lowest BCUT2D eigenvalue weighted by atomic mass is 9.97. The van der Waals surface area contributed by atoms with Crippen LogP contribution >= 0.6 is 0 Å². The molecule has 0 amide bonds. The Morgan fingerprint density at radius 2 is 1.85 bits per heavy atom. The van der Waals surface area contributed by atoms with E-state index in [1.807, 2.05) is 11.5 Å². The molecule has 0 saturated heterocycles. The van der Waals surface area contributed by atoms with Gasteiger partial charge in [-0.2, -0.15) is 0 Å². The van der Waals surface area contributed by atoms with Gasteiger partial charge in [-0.1, -0.05) is 11.6 Å². The van der Waals surface area contributed by atoms with E-state index in [-0.39, 0.29) is 15.6 Å². The summed E-state index contributed by atoms with van der Waals surface area (Å²) in [6.45, 7) is 4.34. The quantitative estimate of drug-likeness (QED) is 0.615. The molecule has 1 heterocycles. The molecule has 6 heteroatoms. The Kier molecular flexibility index (Phi) is 5.23. The van der Waals surface area contributed by atoms with Crippen molar-refractivity contribution in [2.75, 3.05) is 5.73 Å². The molecule has 0 saturated carbocycles. The molecule has 1 aromatic heterocycles. The van der Waals surface area contributed by atoms with Crippen LogP contribution in [0.25, 0.3) is 0 Å². The first kappa shape index (κ1) is 18.7. The van der Waals surface area contributed by atoms with Crippen LogP contribution in [0.15, 0.2) is 45.7 Å². The Morgan fingerprint density at radius 3 is 2.46 bits per heavy atom. The number of hydrogen-bond donors (Lipinski definition) is 1. The maximum atomic E-state index is 13.2. The average molecular weight is 376 g/mol. The molecule has 26 heavy (non-hydrogen) atoms. The van der Waals surface area contributed by atoms with Gasteiger partial charge in [0.1, 0.15) is 16.5 Å². The topological polar surface area (TPSA) is 65.1 Å². The van der Waals surface area contributed by atoms with E-state index in [9.17, 15) is 12.8 Å². The summed E-state index contributed by atoms with van der Waals surface area (Å²) in [5.41, 5.74) is 9.20. The van der Waals surface area contributed by atoms with Gasteiger partial charge in [0.25, 0.3) is 0 Å². The third kappa shape index (κ3) is 3.43. The lowest BCUT2D eigenvalue weighted by Gasteiger charge is -2.15. The van der Waals surface area contributed by atoms with Crippen molar-refractivity contribution in [1.82, 2.24) is 4.57 Å². The van der Waals surface area contributed by atoms with Crippen molar-refractivity contribution < 1.29 is 12.8 Å². The van der Waals surface area contributed by atoms with Crippen LogP contribution in [0.4, 0.5) is 10.2 Å². The molecule has 0 aliphatic heterocycles. The van der Waals surface area contributed by atoms with Crippen molar-refractivity contribution in [2.45, 2.75) is 62.3 Å². The number of benzene rings is 1. The van der Waals surface area contributed by atoms with Crippen LogP contribution in [0.2, 0.25) is 0 Å². The highest BCUT2D eigenvalue weighted by molar-refractivity contribution is 7.91. The largest absolute Gasteiger partial charge is 0.384 e. The second-order valence-corrected chi connectivity index (χ2v) is 8.78. The molecule has 1 aliphatic carbocycles. The molecule has 140 valence electrons. The monoisotopic (exact) mass is 376 g/mol. The van der Waals surface area contributed by atoms with Gasteiger partial charge in [0.2, 0.25) is 9.84 Å². The summed E-state index contributed by atoms with van der Waals surface area (Å²) in [6.07, 6.45) is 7.87. The van der Waals surface area contributed by atoms with E-state index in [4.69, 9.17) is 5.73 Å². The van der Waals surface area contributed by atoms with E-state index >= 15 is 0 Å². The van der Waals surface area contributed by atoms with Gasteiger partial charge in [0, 0.05) is 12.2 Å². The van der Waals surface area contributed by atoms with Crippen molar-refractivity contribution in [2.24, 2.45) is 0 Å². The van der Waals surface area contributed by atoms with Gasteiger partial charge in [-0.3, -0.25) is 0 Å². The second kappa shape index (κ2) is 7.27. The number of sulfone groups is 1. The third-order valence-electron chi connectivity index (χ3n) is 5.25. The molecule has 3 rings (SSSR count). The van der Waals surface area contributed by atoms with Gasteiger partial charge in [-0.15, -0.1) is 0 Å². The molecule has 2 N–H and O–H groups in total. The predicted octanol–water partition coefficient (Wildman–Crippen LogP) is 4.55. The SMILES string of the molecule is Cc1c(S(=O)(=O)c2ccc(F)cc2)c(N)n(CCC2=CCCCC2)c1C. The summed E-state index contributed by atoms with van der Waals surface area (Å²) in [7, 11) is -3.79. The highest BCUT2D eigenvalue weighted by Gasteiger charge is 2.28. The Hall–Kier alpha value is -2.08. The number of nitrogens with zero attached hydrogens (tertiary/aromatic N) is 1. The molecule has 4 nitrogen and oxygen atoms in total. The molecule has 1 aliphatic rings. The Bertz CT molecular complexity index is 941. The van der Waals surface area contributed by atoms with E-state index in [2.05, 4.69) is 6.08 Å². The third-order valence-corrected chi connectivity index (χ3v) is 7.19. The fourth-order valence-corrected chi connectivity index (χ4v) is 5.27. The summed E-state index contributed by atoms with van der Waals surface area (Å²) in [6, 6.07) is 4.86. The van der Waals surface area contributed by atoms with Crippen molar-refractivity contribution >= 4 is 15.7 Å². The summed E-state index contributed by atoms with van der Waals surface area (Å²) >= 11 is 0. The van der Waals surface area contributed by atoms with Gasteiger partial charge < -0.3 is 10.3 Å². The standard InChI is InChI=1S/C20H25FN2O2S/c1-14-15(2)23(13-12-16-6-4-3-5-7-16)20(22)19(14)26(24,25)18-10-8-17(21)9-11-18/h6,8-11H,3-5,7,12-13,22H2,1-2H3. The van der Waals surface area contributed by atoms with E-state index in [0.29, 0.717) is 12.1 Å². The van der Waals surface area contributed by atoms with Crippen molar-refractivity contribution in [3.63, 3.8) is 0 Å². The summed E-state index contributed by atoms with van der Waals surface area (Å²) in [5, 5.41) is 0. The lowest BCUT2D eigenvalue weighted by molar-refractivity contribution is 0.594. The summed E-state index contributed by atoms with van der Waals surface area (Å²) in [5.74, 6) is -0.205. The highest BCUT2D eigenvalue weighted by Crippen LogP contribution is 2.34. The average Bonchev–Trinajstić information content (AvgIpc) is 2.84. The van der Waals surface area contributed by atoms with Crippen molar-refractivity contribution in [1.29, 1.82) is 0 Å². The van der Waals surface area contributed by atoms with Crippen LogP contribution in [-0.2, 0) is 16.4 Å². The van der Waals surface area contributed by atoms with Crippen LogP contribution in [0.3, 0.4) is 0 Å². The minimum Gasteiger partial charge on any atom is -0.384 e. The fraction of sp³-hybridized carbons (Fsp3) is 0.400. The Balaban J connectivity index is 1.96. The maximum Gasteiger partial charge on any atom is 0.210 e. The number of anilines is 1. The van der Waals surface area contributed by atoms with Gasteiger partial charge in [-0.25, -0.2) is 12.8 Å². The van der Waals surface area contributed by atoms with Crippen LogP contribution in [0.1, 0.15) is 43.4 Å². The van der Waals surface area contributed by atoms with Crippen LogP contribution in [0.5, 0.6) is 0 Å². The molecule has 0 unspecified atom stereocenters. The predicted molar refractivity (Wildman–Crippen MR) is 101 cm³/mol. The van der Waals surface area contributed by atoms with Crippen LogP contribution in [0, 0.1) is 19.7 Å². The summed E-state index contributed by atoms with van der Waals surface area (Å²) < 4.78 is 41.1. The second-order valence-electron chi connectivity index (χ2n) is 6.89.